The van der Waals surface area contributed by atoms with Gasteiger partial charge in [0.15, 0.2) is 6.73 Å². The first-order chi connectivity index (χ1) is 22.2. The van der Waals surface area contributed by atoms with Gasteiger partial charge in [0, 0.05) is 41.0 Å². The molecule has 6 heterocycles. The fourth-order valence-electron chi connectivity index (χ4n) is 7.59. The lowest BCUT2D eigenvalue weighted by molar-refractivity contribution is -0.134. The van der Waals surface area contributed by atoms with Crippen LogP contribution in [0.25, 0.3) is 44.7 Å². The van der Waals surface area contributed by atoms with Crippen LogP contribution in [-0.2, 0) is 11.5 Å². The third kappa shape index (κ3) is 4.62. The average Bonchev–Trinajstić information content (AvgIpc) is 3.64. The largest absolute Gasteiger partial charge is 0.472 e. The molecular formula is C35H35F2N7O2. The number of benzene rings is 2. The standard InChI is InChI=1S/C35H35F2N7O2/c1-18(2)7-32(45)43-16-35(36,37)13-30(43)34-39-15-27(42-34)20-3-5-23-29-11-22-8-19(4-6-28(22)44(29)17-46-31(23)12-20)26-14-38-33(41-26)25-10-21-9-24(21)40-25/h3-6,8,11-12,14-15,18,21,24-25,30,40H,7,9-10,13,16-17H2,1-2H3,(H,38,41)(H,39,42). The lowest BCUT2D eigenvalue weighted by Gasteiger charge is -2.23. The molecule has 5 aromatic rings. The summed E-state index contributed by atoms with van der Waals surface area (Å²) in [5, 5.41) is 4.78. The number of halogens is 2. The van der Waals surface area contributed by atoms with Crippen LogP contribution in [0.3, 0.4) is 0 Å². The normalized spacial score (nSPS) is 24.2. The molecule has 0 bridgehead atoms. The van der Waals surface area contributed by atoms with Crippen molar-refractivity contribution in [3.05, 3.63) is 66.5 Å². The van der Waals surface area contributed by atoms with E-state index >= 15 is 0 Å². The van der Waals surface area contributed by atoms with Crippen LogP contribution in [0.5, 0.6) is 5.75 Å². The summed E-state index contributed by atoms with van der Waals surface area (Å²) in [5.74, 6) is -0.196. The summed E-state index contributed by atoms with van der Waals surface area (Å²) < 4.78 is 37.3. The molecule has 46 heavy (non-hydrogen) atoms. The average molecular weight is 624 g/mol. The van der Waals surface area contributed by atoms with Crippen LogP contribution in [0.1, 0.15) is 63.3 Å². The van der Waals surface area contributed by atoms with Crippen molar-refractivity contribution in [1.29, 1.82) is 0 Å². The van der Waals surface area contributed by atoms with Gasteiger partial charge in [0.05, 0.1) is 53.6 Å². The monoisotopic (exact) mass is 623 g/mol. The molecule has 236 valence electrons. The molecule has 0 radical (unpaired) electrons. The number of ether oxygens (including phenoxy) is 1. The predicted octanol–water partition coefficient (Wildman–Crippen LogP) is 6.82. The zero-order chi connectivity index (χ0) is 31.3. The van der Waals surface area contributed by atoms with E-state index in [1.54, 1.807) is 6.20 Å². The molecule has 3 fully saturated rings. The van der Waals surface area contributed by atoms with Gasteiger partial charge in [0.1, 0.15) is 17.4 Å². The summed E-state index contributed by atoms with van der Waals surface area (Å²) in [5.41, 5.74) is 6.76. The highest BCUT2D eigenvalue weighted by atomic mass is 19.3. The fourth-order valence-corrected chi connectivity index (χ4v) is 7.59. The number of nitrogens with one attached hydrogen (secondary N) is 3. The molecular weight excluding hydrogens is 588 g/mol. The second kappa shape index (κ2) is 9.99. The quantitative estimate of drug-likeness (QED) is 0.193. The SMILES string of the molecule is CC(C)CC(=O)N1CC(F)(F)CC1c1ncc(-c2ccc3c(c2)OCn2c-3cc3cc(-c4cnc(C5CC6CC6N5)[nH]4)ccc32)[nH]1. The maximum atomic E-state index is 14.5. The number of imidazole rings is 2. The zero-order valence-corrected chi connectivity index (χ0v) is 25.7. The van der Waals surface area contributed by atoms with Crippen molar-refractivity contribution in [2.75, 3.05) is 6.54 Å². The third-order valence-corrected chi connectivity index (χ3v) is 10.0. The van der Waals surface area contributed by atoms with Gasteiger partial charge in [-0.25, -0.2) is 18.7 Å². The summed E-state index contributed by atoms with van der Waals surface area (Å²) >= 11 is 0. The van der Waals surface area contributed by atoms with Crippen molar-refractivity contribution in [1.82, 2.24) is 34.7 Å². The molecule has 3 aromatic heterocycles. The summed E-state index contributed by atoms with van der Waals surface area (Å²) in [7, 11) is 0. The molecule has 1 aliphatic carbocycles. The first kappa shape index (κ1) is 27.8. The first-order valence-corrected chi connectivity index (χ1v) is 16.1. The molecule has 0 spiro atoms. The van der Waals surface area contributed by atoms with Crippen LogP contribution in [0.15, 0.2) is 54.9 Å². The highest BCUT2D eigenvalue weighted by Crippen LogP contribution is 2.46. The van der Waals surface area contributed by atoms with Crippen LogP contribution >= 0.6 is 0 Å². The maximum Gasteiger partial charge on any atom is 0.267 e. The molecule has 4 aliphatic rings. The zero-order valence-electron chi connectivity index (χ0n) is 25.7. The molecule has 11 heteroatoms. The van der Waals surface area contributed by atoms with Crippen LogP contribution in [0.2, 0.25) is 0 Å². The minimum absolute atomic E-state index is 0.0830. The lowest BCUT2D eigenvalue weighted by atomic mass is 10.0. The Balaban J connectivity index is 0.978. The van der Waals surface area contributed by atoms with Crippen molar-refractivity contribution in [2.45, 2.75) is 70.3 Å². The highest BCUT2D eigenvalue weighted by Gasteiger charge is 2.49. The van der Waals surface area contributed by atoms with Crippen molar-refractivity contribution in [3.63, 3.8) is 0 Å². The number of amides is 1. The Bertz CT molecular complexity index is 2000. The molecule has 9 rings (SSSR count). The summed E-state index contributed by atoms with van der Waals surface area (Å²) in [4.78, 5) is 30.0. The number of hydrogen-bond donors (Lipinski definition) is 3. The van der Waals surface area contributed by atoms with Crippen molar-refractivity contribution in [3.8, 4) is 39.5 Å². The molecule has 3 N–H and O–H groups in total. The molecule has 4 unspecified atom stereocenters. The van der Waals surface area contributed by atoms with Gasteiger partial charge < -0.3 is 29.5 Å². The highest BCUT2D eigenvalue weighted by molar-refractivity contribution is 5.92. The minimum Gasteiger partial charge on any atom is -0.472 e. The van der Waals surface area contributed by atoms with E-state index in [4.69, 9.17) is 4.74 Å². The molecule has 2 saturated heterocycles. The Labute approximate surface area is 264 Å². The van der Waals surface area contributed by atoms with Crippen LogP contribution in [0.4, 0.5) is 8.78 Å². The smallest absolute Gasteiger partial charge is 0.267 e. The van der Waals surface area contributed by atoms with Gasteiger partial charge in [-0.05, 0) is 55.0 Å². The van der Waals surface area contributed by atoms with Crippen LogP contribution < -0.4 is 10.1 Å². The summed E-state index contributed by atoms with van der Waals surface area (Å²) in [6.07, 6.45) is 5.81. The molecule has 4 atom stereocenters. The van der Waals surface area contributed by atoms with Crippen molar-refractivity contribution >= 4 is 16.8 Å². The molecule has 3 aliphatic heterocycles. The Morgan fingerprint density at radius 3 is 2.57 bits per heavy atom. The van der Waals surface area contributed by atoms with Crippen LogP contribution in [0, 0.1) is 11.8 Å². The Hall–Kier alpha value is -4.51. The van der Waals surface area contributed by atoms with Gasteiger partial charge in [-0.1, -0.05) is 26.0 Å². The van der Waals surface area contributed by atoms with E-state index in [0.717, 1.165) is 62.9 Å². The molecule has 2 aromatic carbocycles. The van der Waals surface area contributed by atoms with E-state index in [1.165, 1.54) is 11.3 Å². The Kier molecular flexibility index (Phi) is 6.03. The molecule has 9 nitrogen and oxygen atoms in total. The van der Waals surface area contributed by atoms with E-state index in [-0.39, 0.29) is 18.2 Å². The van der Waals surface area contributed by atoms with Gasteiger partial charge >= 0.3 is 0 Å². The van der Waals surface area contributed by atoms with E-state index in [1.807, 2.05) is 38.2 Å². The number of carbonyl (C=O) groups is 1. The number of likely N-dealkylation sites (tertiary alicyclic amines) is 1. The summed E-state index contributed by atoms with van der Waals surface area (Å²) in [6.45, 7) is 3.61. The van der Waals surface area contributed by atoms with Crippen molar-refractivity contribution < 1.29 is 18.3 Å². The number of aromatic amines is 2. The van der Waals surface area contributed by atoms with E-state index in [0.29, 0.717) is 30.3 Å². The van der Waals surface area contributed by atoms with Gasteiger partial charge in [0.25, 0.3) is 5.92 Å². The van der Waals surface area contributed by atoms with Gasteiger partial charge in [0.2, 0.25) is 5.91 Å². The number of fused-ring (bicyclic) bond motifs is 6. The first-order valence-electron chi connectivity index (χ1n) is 16.1. The number of carbonyl (C=O) groups excluding carboxylic acids is 1. The lowest BCUT2D eigenvalue weighted by Crippen LogP contribution is -2.34. The number of hydrogen-bond acceptors (Lipinski definition) is 5. The van der Waals surface area contributed by atoms with Gasteiger partial charge in [-0.3, -0.25) is 4.79 Å². The van der Waals surface area contributed by atoms with E-state index < -0.39 is 24.9 Å². The molecule has 1 amide bonds. The van der Waals surface area contributed by atoms with Gasteiger partial charge in [-0.2, -0.15) is 0 Å². The van der Waals surface area contributed by atoms with E-state index in [2.05, 4.69) is 54.1 Å². The number of aromatic nitrogens is 5. The second-order valence-corrected chi connectivity index (χ2v) is 13.8. The van der Waals surface area contributed by atoms with Crippen LogP contribution in [-0.4, -0.2) is 53.8 Å². The number of nitrogens with zero attached hydrogens (tertiary/aromatic N) is 4. The summed E-state index contributed by atoms with van der Waals surface area (Å²) in [6, 6.07) is 14.8. The number of piperidine rings is 1. The van der Waals surface area contributed by atoms with E-state index in [9.17, 15) is 13.6 Å². The predicted molar refractivity (Wildman–Crippen MR) is 169 cm³/mol. The van der Waals surface area contributed by atoms with Crippen molar-refractivity contribution in [2.24, 2.45) is 11.8 Å². The fraction of sp³-hybridized carbons (Fsp3) is 0.400. The number of rotatable bonds is 6. The second-order valence-electron chi connectivity index (χ2n) is 13.8. The number of alkyl halides is 2. The Morgan fingerprint density at radius 2 is 1.78 bits per heavy atom. The number of H-pyrrole nitrogens is 2. The molecule has 1 saturated carbocycles. The minimum atomic E-state index is -2.95. The van der Waals surface area contributed by atoms with Gasteiger partial charge in [-0.15, -0.1) is 0 Å². The Morgan fingerprint density at radius 1 is 1.02 bits per heavy atom. The maximum absolute atomic E-state index is 14.5. The third-order valence-electron chi connectivity index (χ3n) is 10.0. The topological polar surface area (TPSA) is 104 Å².